The lowest BCUT2D eigenvalue weighted by atomic mass is 10.0. The van der Waals surface area contributed by atoms with Crippen LogP contribution >= 0.6 is 31.9 Å². The summed E-state index contributed by atoms with van der Waals surface area (Å²) in [6, 6.07) is 10.9. The van der Waals surface area contributed by atoms with Crippen molar-refractivity contribution in [3.63, 3.8) is 0 Å². The molecule has 0 bridgehead atoms. The molecule has 4 heteroatoms. The van der Waals surface area contributed by atoms with E-state index in [1.165, 1.54) is 0 Å². The lowest BCUT2D eigenvalue weighted by Crippen LogP contribution is -2.03. The average Bonchev–Trinajstić information content (AvgIpc) is 2.41. The molecule has 0 amide bonds. The third-order valence-electron chi connectivity index (χ3n) is 2.85. The Labute approximate surface area is 129 Å². The largest absolute Gasteiger partial charge is 0.497 e. The van der Waals surface area contributed by atoms with Gasteiger partial charge in [0, 0.05) is 20.1 Å². The lowest BCUT2D eigenvalue weighted by molar-refractivity contribution is 0.103. The van der Waals surface area contributed by atoms with Gasteiger partial charge in [0.1, 0.15) is 5.75 Å². The SMILES string of the molecule is COc1ccc(C(=O)c2ccc(C)c(Br)c2)c(Br)c1. The first-order valence-corrected chi connectivity index (χ1v) is 7.26. The molecule has 0 radical (unpaired) electrons. The van der Waals surface area contributed by atoms with Gasteiger partial charge in [-0.1, -0.05) is 28.1 Å². The van der Waals surface area contributed by atoms with E-state index in [4.69, 9.17) is 4.74 Å². The van der Waals surface area contributed by atoms with Gasteiger partial charge >= 0.3 is 0 Å². The molecule has 2 nitrogen and oxygen atoms in total. The van der Waals surface area contributed by atoms with Gasteiger partial charge in [0.15, 0.2) is 5.78 Å². The van der Waals surface area contributed by atoms with Crippen LogP contribution in [-0.4, -0.2) is 12.9 Å². The molecule has 0 spiro atoms. The van der Waals surface area contributed by atoms with E-state index in [0.29, 0.717) is 16.9 Å². The first kappa shape index (κ1) is 14.3. The molecule has 0 aromatic heterocycles. The Morgan fingerprint density at radius 1 is 1.05 bits per heavy atom. The minimum absolute atomic E-state index is 0.0183. The van der Waals surface area contributed by atoms with Crippen LogP contribution in [0.1, 0.15) is 21.5 Å². The molecule has 0 atom stereocenters. The van der Waals surface area contributed by atoms with E-state index in [0.717, 1.165) is 14.5 Å². The molecule has 98 valence electrons. The number of aryl methyl sites for hydroxylation is 1. The first-order valence-electron chi connectivity index (χ1n) is 5.67. The van der Waals surface area contributed by atoms with E-state index < -0.39 is 0 Å². The van der Waals surface area contributed by atoms with Crippen molar-refractivity contribution in [1.29, 1.82) is 0 Å². The first-order chi connectivity index (χ1) is 9.02. The minimum Gasteiger partial charge on any atom is -0.497 e. The maximum absolute atomic E-state index is 12.4. The van der Waals surface area contributed by atoms with Crippen LogP contribution in [0.4, 0.5) is 0 Å². The van der Waals surface area contributed by atoms with Crippen molar-refractivity contribution in [2.75, 3.05) is 7.11 Å². The van der Waals surface area contributed by atoms with E-state index >= 15 is 0 Å². The second-order valence-electron chi connectivity index (χ2n) is 4.14. The Balaban J connectivity index is 2.41. The number of hydrogen-bond acceptors (Lipinski definition) is 2. The van der Waals surface area contributed by atoms with Crippen LogP contribution in [0.3, 0.4) is 0 Å². The standard InChI is InChI=1S/C15H12Br2O2/c1-9-3-4-10(7-13(9)16)15(18)12-6-5-11(19-2)8-14(12)17/h3-8H,1-2H3. The third-order valence-corrected chi connectivity index (χ3v) is 4.37. The second kappa shape index (κ2) is 5.88. The second-order valence-corrected chi connectivity index (χ2v) is 5.85. The van der Waals surface area contributed by atoms with Crippen LogP contribution in [0.2, 0.25) is 0 Å². The number of halogens is 2. The van der Waals surface area contributed by atoms with E-state index in [1.54, 1.807) is 25.3 Å². The summed E-state index contributed by atoms with van der Waals surface area (Å²) in [6.07, 6.45) is 0. The summed E-state index contributed by atoms with van der Waals surface area (Å²) in [6.45, 7) is 1.99. The summed E-state index contributed by atoms with van der Waals surface area (Å²) in [5.41, 5.74) is 2.38. The highest BCUT2D eigenvalue weighted by molar-refractivity contribution is 9.10. The molecule has 0 aliphatic heterocycles. The van der Waals surface area contributed by atoms with Gasteiger partial charge in [-0.15, -0.1) is 0 Å². The number of hydrogen-bond donors (Lipinski definition) is 0. The molecule has 0 fully saturated rings. The van der Waals surface area contributed by atoms with Crippen molar-refractivity contribution in [3.05, 3.63) is 62.0 Å². The van der Waals surface area contributed by atoms with Gasteiger partial charge in [0.05, 0.1) is 7.11 Å². The monoisotopic (exact) mass is 382 g/mol. The molecule has 2 aromatic rings. The zero-order valence-corrected chi connectivity index (χ0v) is 13.7. The van der Waals surface area contributed by atoms with Crippen molar-refractivity contribution in [1.82, 2.24) is 0 Å². The van der Waals surface area contributed by atoms with Gasteiger partial charge in [-0.25, -0.2) is 0 Å². The van der Waals surface area contributed by atoms with Gasteiger partial charge in [-0.3, -0.25) is 4.79 Å². The Kier molecular flexibility index (Phi) is 4.42. The van der Waals surface area contributed by atoms with Crippen molar-refractivity contribution >= 4 is 37.6 Å². The molecule has 0 saturated carbocycles. The fourth-order valence-electron chi connectivity index (χ4n) is 1.70. The van der Waals surface area contributed by atoms with Gasteiger partial charge in [0.25, 0.3) is 0 Å². The number of methoxy groups -OCH3 is 1. The van der Waals surface area contributed by atoms with Crippen molar-refractivity contribution in [3.8, 4) is 5.75 Å². The van der Waals surface area contributed by atoms with Crippen molar-refractivity contribution < 1.29 is 9.53 Å². The summed E-state index contributed by atoms with van der Waals surface area (Å²) in [5.74, 6) is 0.698. The van der Waals surface area contributed by atoms with Gasteiger partial charge in [-0.2, -0.15) is 0 Å². The number of carbonyl (C=O) groups is 1. The average molecular weight is 384 g/mol. The predicted octanol–water partition coefficient (Wildman–Crippen LogP) is 4.76. The normalized spacial score (nSPS) is 10.3. The van der Waals surface area contributed by atoms with E-state index in [-0.39, 0.29) is 5.78 Å². The topological polar surface area (TPSA) is 26.3 Å². The molecular weight excluding hydrogens is 372 g/mol. The number of rotatable bonds is 3. The molecule has 2 aromatic carbocycles. The summed E-state index contributed by atoms with van der Waals surface area (Å²) in [4.78, 5) is 12.4. The molecule has 0 N–H and O–H groups in total. The van der Waals surface area contributed by atoms with E-state index in [1.807, 2.05) is 25.1 Å². The maximum Gasteiger partial charge on any atom is 0.194 e. The van der Waals surface area contributed by atoms with E-state index in [9.17, 15) is 4.79 Å². The van der Waals surface area contributed by atoms with Crippen LogP contribution < -0.4 is 4.74 Å². The Morgan fingerprint density at radius 2 is 1.79 bits per heavy atom. The zero-order valence-electron chi connectivity index (χ0n) is 10.5. The number of ether oxygens (including phenoxy) is 1. The van der Waals surface area contributed by atoms with E-state index in [2.05, 4.69) is 31.9 Å². The third kappa shape index (κ3) is 3.07. The highest BCUT2D eigenvalue weighted by atomic mass is 79.9. The highest BCUT2D eigenvalue weighted by Crippen LogP contribution is 2.26. The summed E-state index contributed by atoms with van der Waals surface area (Å²) < 4.78 is 6.78. The number of ketones is 1. The van der Waals surface area contributed by atoms with Crippen LogP contribution in [0.25, 0.3) is 0 Å². The lowest BCUT2D eigenvalue weighted by Gasteiger charge is -2.07. The Hall–Kier alpha value is -1.13. The van der Waals surface area contributed by atoms with Crippen LogP contribution in [0.5, 0.6) is 5.75 Å². The maximum atomic E-state index is 12.4. The number of carbonyl (C=O) groups excluding carboxylic acids is 1. The number of benzene rings is 2. The minimum atomic E-state index is -0.0183. The smallest absolute Gasteiger partial charge is 0.194 e. The van der Waals surface area contributed by atoms with Gasteiger partial charge < -0.3 is 4.74 Å². The fourth-order valence-corrected chi connectivity index (χ4v) is 2.61. The van der Waals surface area contributed by atoms with Crippen molar-refractivity contribution in [2.45, 2.75) is 6.92 Å². The van der Waals surface area contributed by atoms with Gasteiger partial charge in [0.2, 0.25) is 0 Å². The summed E-state index contributed by atoms with van der Waals surface area (Å²) >= 11 is 6.85. The predicted molar refractivity (Wildman–Crippen MR) is 83.0 cm³/mol. The quantitative estimate of drug-likeness (QED) is 0.714. The summed E-state index contributed by atoms with van der Waals surface area (Å²) in [5, 5.41) is 0. The molecule has 19 heavy (non-hydrogen) atoms. The molecule has 0 heterocycles. The molecule has 2 rings (SSSR count). The molecule has 0 aliphatic carbocycles. The zero-order chi connectivity index (χ0) is 14.0. The molecule has 0 saturated heterocycles. The van der Waals surface area contributed by atoms with Crippen LogP contribution in [0, 0.1) is 6.92 Å². The molecule has 0 aliphatic rings. The fraction of sp³-hybridized carbons (Fsp3) is 0.133. The van der Waals surface area contributed by atoms with Crippen LogP contribution in [0.15, 0.2) is 45.3 Å². The van der Waals surface area contributed by atoms with Crippen LogP contribution in [-0.2, 0) is 0 Å². The molecular formula is C15H12Br2O2. The Morgan fingerprint density at radius 3 is 2.37 bits per heavy atom. The van der Waals surface area contributed by atoms with Gasteiger partial charge in [-0.05, 0) is 52.7 Å². The highest BCUT2D eigenvalue weighted by Gasteiger charge is 2.14. The Bertz CT molecular complexity index is 636. The van der Waals surface area contributed by atoms with Crippen molar-refractivity contribution in [2.24, 2.45) is 0 Å². The molecule has 0 unspecified atom stereocenters. The summed E-state index contributed by atoms with van der Waals surface area (Å²) in [7, 11) is 1.60.